The molecule has 1 unspecified atom stereocenters. The van der Waals surface area contributed by atoms with Crippen LogP contribution in [0.15, 0.2) is 60.9 Å². The molecule has 1 aromatic carbocycles. The van der Waals surface area contributed by atoms with Gasteiger partial charge in [-0.3, -0.25) is 14.5 Å². The molecule has 4 aromatic rings. The molecule has 5 rings (SSSR count). The van der Waals surface area contributed by atoms with E-state index in [1.807, 2.05) is 50.4 Å². The van der Waals surface area contributed by atoms with Crippen molar-refractivity contribution in [3.05, 3.63) is 78.1 Å². The summed E-state index contributed by atoms with van der Waals surface area (Å²) in [4.78, 5) is 22.7. The van der Waals surface area contributed by atoms with Gasteiger partial charge in [0.05, 0.1) is 17.6 Å². The predicted octanol–water partition coefficient (Wildman–Crippen LogP) is 4.49. The smallest absolute Gasteiger partial charge is 0.181 e. The van der Waals surface area contributed by atoms with E-state index in [2.05, 4.69) is 33.0 Å². The molecule has 156 valence electrons. The summed E-state index contributed by atoms with van der Waals surface area (Å²) in [6.07, 6.45) is 6.15. The number of fused-ring (bicyclic) bond motifs is 1. The van der Waals surface area contributed by atoms with Crippen LogP contribution in [-0.2, 0) is 20.0 Å². The molecule has 0 aliphatic carbocycles. The number of imidazole rings is 1. The Labute approximate surface area is 181 Å². The second kappa shape index (κ2) is 7.95. The average molecular weight is 412 g/mol. The number of benzene rings is 1. The number of carbonyl (C=O) groups excluding carboxylic acids is 1. The molecule has 0 radical (unpaired) electrons. The van der Waals surface area contributed by atoms with Crippen LogP contribution in [0, 0.1) is 12.8 Å². The molecule has 6 heteroatoms. The van der Waals surface area contributed by atoms with Crippen LogP contribution in [0.2, 0.25) is 0 Å². The van der Waals surface area contributed by atoms with E-state index in [0.29, 0.717) is 12.1 Å². The lowest BCUT2D eigenvalue weighted by Crippen LogP contribution is -2.22. The second-order valence-electron chi connectivity index (χ2n) is 8.28. The maximum Gasteiger partial charge on any atom is 0.181 e. The predicted molar refractivity (Wildman–Crippen MR) is 120 cm³/mol. The third-order valence-corrected chi connectivity index (χ3v) is 6.02. The van der Waals surface area contributed by atoms with Crippen LogP contribution in [0.4, 0.5) is 0 Å². The molecule has 0 N–H and O–H groups in total. The van der Waals surface area contributed by atoms with Gasteiger partial charge < -0.3 is 4.57 Å². The van der Waals surface area contributed by atoms with E-state index in [9.17, 15) is 4.79 Å². The minimum absolute atomic E-state index is 0.117. The van der Waals surface area contributed by atoms with Gasteiger partial charge in [-0.05, 0) is 31.4 Å². The quantitative estimate of drug-likeness (QED) is 0.454. The summed E-state index contributed by atoms with van der Waals surface area (Å²) < 4.78 is 3.91. The van der Waals surface area contributed by atoms with Crippen LogP contribution < -0.4 is 0 Å². The van der Waals surface area contributed by atoms with Crippen molar-refractivity contribution in [2.24, 2.45) is 13.0 Å². The number of Topliss-reactive ketones (excluding diaryl/α,β-unsaturated/α-hetero) is 1. The zero-order valence-corrected chi connectivity index (χ0v) is 17.8. The van der Waals surface area contributed by atoms with E-state index in [-0.39, 0.29) is 11.7 Å². The molecular weight excluding hydrogens is 386 g/mol. The van der Waals surface area contributed by atoms with Gasteiger partial charge in [0.2, 0.25) is 0 Å². The van der Waals surface area contributed by atoms with Gasteiger partial charge in [0.1, 0.15) is 11.5 Å². The first-order chi connectivity index (χ1) is 15.1. The third-order valence-electron chi connectivity index (χ3n) is 6.02. The highest BCUT2D eigenvalue weighted by Crippen LogP contribution is 2.29. The topological polar surface area (TPSA) is 65.6 Å². The van der Waals surface area contributed by atoms with Gasteiger partial charge in [0, 0.05) is 49.5 Å². The SMILES string of the molecule is Cc1cccc(-c2cnn(C)c2C(=O)CC2CCn3cc(-c4ccccc4)nc3C2)n1. The average Bonchev–Trinajstić information content (AvgIpc) is 3.37. The molecule has 31 heavy (non-hydrogen) atoms. The Bertz CT molecular complexity index is 1240. The van der Waals surface area contributed by atoms with Gasteiger partial charge in [0.15, 0.2) is 5.78 Å². The van der Waals surface area contributed by atoms with E-state index in [1.165, 1.54) is 0 Å². The van der Waals surface area contributed by atoms with Gasteiger partial charge in [-0.2, -0.15) is 5.10 Å². The van der Waals surface area contributed by atoms with E-state index in [4.69, 9.17) is 4.98 Å². The largest absolute Gasteiger partial charge is 0.334 e. The molecule has 4 heterocycles. The van der Waals surface area contributed by atoms with Gasteiger partial charge in [-0.1, -0.05) is 36.4 Å². The fraction of sp³-hybridized carbons (Fsp3) is 0.280. The molecule has 3 aromatic heterocycles. The van der Waals surface area contributed by atoms with Gasteiger partial charge in [0.25, 0.3) is 0 Å². The Balaban J connectivity index is 1.35. The van der Waals surface area contributed by atoms with Crippen LogP contribution in [0.3, 0.4) is 0 Å². The van der Waals surface area contributed by atoms with E-state index >= 15 is 0 Å². The Morgan fingerprint density at radius 2 is 1.90 bits per heavy atom. The zero-order chi connectivity index (χ0) is 21.4. The molecule has 0 fully saturated rings. The molecule has 1 atom stereocenters. The minimum Gasteiger partial charge on any atom is -0.334 e. The normalized spacial score (nSPS) is 15.6. The van der Waals surface area contributed by atoms with E-state index < -0.39 is 0 Å². The molecule has 0 spiro atoms. The first kappa shape index (κ1) is 19.4. The maximum atomic E-state index is 13.3. The van der Waals surface area contributed by atoms with Crippen molar-refractivity contribution in [3.63, 3.8) is 0 Å². The van der Waals surface area contributed by atoms with Gasteiger partial charge in [-0.25, -0.2) is 4.98 Å². The summed E-state index contributed by atoms with van der Waals surface area (Å²) in [7, 11) is 1.83. The number of aromatic nitrogens is 5. The van der Waals surface area contributed by atoms with Gasteiger partial charge >= 0.3 is 0 Å². The van der Waals surface area contributed by atoms with Crippen LogP contribution >= 0.6 is 0 Å². The standard InChI is InChI=1S/C25H25N5O/c1-17-7-6-10-21(27-17)20-15-26-29(2)25(20)23(31)13-18-11-12-30-16-22(28-24(30)14-18)19-8-4-3-5-9-19/h3-10,15-16,18H,11-14H2,1-2H3. The fourth-order valence-corrected chi connectivity index (χ4v) is 4.42. The first-order valence-electron chi connectivity index (χ1n) is 10.7. The van der Waals surface area contributed by atoms with Crippen molar-refractivity contribution >= 4 is 5.78 Å². The molecule has 0 saturated carbocycles. The fourth-order valence-electron chi connectivity index (χ4n) is 4.42. The Kier molecular flexibility index (Phi) is 4.98. The summed E-state index contributed by atoms with van der Waals surface area (Å²) in [6.45, 7) is 2.85. The zero-order valence-electron chi connectivity index (χ0n) is 17.8. The van der Waals surface area contributed by atoms with Crippen LogP contribution in [0.5, 0.6) is 0 Å². The summed E-state index contributed by atoms with van der Waals surface area (Å²) in [5.41, 5.74) is 5.29. The highest BCUT2D eigenvalue weighted by Gasteiger charge is 2.26. The van der Waals surface area contributed by atoms with Crippen LogP contribution in [-0.4, -0.2) is 30.1 Å². The minimum atomic E-state index is 0.117. The molecule has 0 amide bonds. The van der Waals surface area contributed by atoms with Gasteiger partial charge in [-0.15, -0.1) is 0 Å². The molecule has 6 nitrogen and oxygen atoms in total. The van der Waals surface area contributed by atoms with Crippen molar-refractivity contribution in [2.45, 2.75) is 32.7 Å². The molecule has 0 saturated heterocycles. The highest BCUT2D eigenvalue weighted by molar-refractivity contribution is 6.00. The van der Waals surface area contributed by atoms with Crippen molar-refractivity contribution < 1.29 is 4.79 Å². The first-order valence-corrected chi connectivity index (χ1v) is 10.7. The van der Waals surface area contributed by atoms with E-state index in [1.54, 1.807) is 10.9 Å². The number of nitrogens with zero attached hydrogens (tertiary/aromatic N) is 5. The van der Waals surface area contributed by atoms with Crippen LogP contribution in [0.25, 0.3) is 22.5 Å². The number of aryl methyl sites for hydroxylation is 3. The number of hydrogen-bond donors (Lipinski definition) is 0. The molecule has 1 aliphatic heterocycles. The Morgan fingerprint density at radius 1 is 1.06 bits per heavy atom. The number of ketones is 1. The summed E-state index contributed by atoms with van der Waals surface area (Å²) in [5.74, 6) is 1.46. The maximum absolute atomic E-state index is 13.3. The van der Waals surface area contributed by atoms with Crippen LogP contribution in [0.1, 0.15) is 34.8 Å². The number of carbonyl (C=O) groups is 1. The lowest BCUT2D eigenvalue weighted by atomic mass is 9.90. The lowest BCUT2D eigenvalue weighted by molar-refractivity contribution is 0.0945. The second-order valence-corrected chi connectivity index (χ2v) is 8.28. The van der Waals surface area contributed by atoms with Crippen molar-refractivity contribution in [1.82, 2.24) is 24.3 Å². The number of rotatable bonds is 5. The molecular formula is C25H25N5O. The summed E-state index contributed by atoms with van der Waals surface area (Å²) in [5, 5.41) is 4.35. The number of hydrogen-bond acceptors (Lipinski definition) is 4. The number of pyridine rings is 1. The highest BCUT2D eigenvalue weighted by atomic mass is 16.1. The van der Waals surface area contributed by atoms with Crippen molar-refractivity contribution in [2.75, 3.05) is 0 Å². The monoisotopic (exact) mass is 411 g/mol. The lowest BCUT2D eigenvalue weighted by Gasteiger charge is -2.22. The van der Waals surface area contributed by atoms with Crippen molar-refractivity contribution in [3.8, 4) is 22.5 Å². The molecule has 0 bridgehead atoms. The Morgan fingerprint density at radius 3 is 2.71 bits per heavy atom. The summed E-state index contributed by atoms with van der Waals surface area (Å²) in [6, 6.07) is 16.1. The summed E-state index contributed by atoms with van der Waals surface area (Å²) >= 11 is 0. The third kappa shape index (κ3) is 3.81. The Hall–Kier alpha value is -3.54. The van der Waals surface area contributed by atoms with E-state index in [0.717, 1.165) is 53.4 Å². The van der Waals surface area contributed by atoms with Crippen molar-refractivity contribution in [1.29, 1.82) is 0 Å². The molecule has 1 aliphatic rings.